The minimum atomic E-state index is -0.923. The van der Waals surface area contributed by atoms with Crippen molar-refractivity contribution in [2.24, 2.45) is 0 Å². The van der Waals surface area contributed by atoms with Crippen LogP contribution in [0.5, 0.6) is 0 Å². The van der Waals surface area contributed by atoms with Gasteiger partial charge in [0.1, 0.15) is 0 Å². The number of aliphatic hydroxyl groups is 1. The Bertz CT molecular complexity index is 299. The molecular weight excluding hydrogens is 180 g/mol. The highest BCUT2D eigenvalue weighted by Gasteiger charge is 2.08. The smallest absolute Gasteiger partial charge is 0.335 e. The number of rotatable bonds is 4. The van der Waals surface area contributed by atoms with E-state index in [-0.39, 0.29) is 18.1 Å². The Hall–Kier alpha value is -1.35. The lowest BCUT2D eigenvalue weighted by Gasteiger charge is -2.11. The predicted molar refractivity (Wildman–Crippen MR) is 53.5 cm³/mol. The summed E-state index contributed by atoms with van der Waals surface area (Å²) in [7, 11) is 0. The first-order chi connectivity index (χ1) is 6.69. The summed E-state index contributed by atoms with van der Waals surface area (Å²) in [5.74, 6) is -0.813. The van der Waals surface area contributed by atoms with E-state index in [2.05, 4.69) is 0 Å². The average molecular weight is 194 g/mol. The third-order valence-corrected chi connectivity index (χ3v) is 2.34. The average Bonchev–Trinajstić information content (AvgIpc) is 2.20. The van der Waals surface area contributed by atoms with Crippen LogP contribution in [0.25, 0.3) is 0 Å². The van der Waals surface area contributed by atoms with Gasteiger partial charge in [-0.2, -0.15) is 0 Å². The molecule has 0 saturated carbocycles. The molecule has 1 aromatic carbocycles. The van der Waals surface area contributed by atoms with Gasteiger partial charge in [0.05, 0.1) is 5.56 Å². The van der Waals surface area contributed by atoms with Gasteiger partial charge < -0.3 is 10.2 Å². The topological polar surface area (TPSA) is 57.5 Å². The summed E-state index contributed by atoms with van der Waals surface area (Å²) in [6.07, 6.45) is 0.850. The zero-order valence-corrected chi connectivity index (χ0v) is 8.10. The second-order valence-electron chi connectivity index (χ2n) is 3.21. The van der Waals surface area contributed by atoms with Crippen LogP contribution in [0.1, 0.15) is 35.2 Å². The molecular formula is C11H14O3. The molecule has 1 unspecified atom stereocenters. The molecule has 0 radical (unpaired) electrons. The van der Waals surface area contributed by atoms with Crippen LogP contribution in [0.2, 0.25) is 0 Å². The van der Waals surface area contributed by atoms with Crippen LogP contribution in [-0.2, 0) is 0 Å². The lowest BCUT2D eigenvalue weighted by Crippen LogP contribution is -2.03. The first kappa shape index (κ1) is 10.7. The van der Waals surface area contributed by atoms with Crippen molar-refractivity contribution in [2.75, 3.05) is 6.61 Å². The largest absolute Gasteiger partial charge is 0.478 e. The van der Waals surface area contributed by atoms with Crippen LogP contribution in [0.15, 0.2) is 24.3 Å². The van der Waals surface area contributed by atoms with Gasteiger partial charge in [0.2, 0.25) is 0 Å². The van der Waals surface area contributed by atoms with Gasteiger partial charge in [0, 0.05) is 12.5 Å². The van der Waals surface area contributed by atoms with E-state index in [0.717, 1.165) is 12.0 Å². The summed E-state index contributed by atoms with van der Waals surface area (Å²) >= 11 is 0. The van der Waals surface area contributed by atoms with Crippen molar-refractivity contribution in [1.29, 1.82) is 0 Å². The minimum absolute atomic E-state index is 0.100. The van der Waals surface area contributed by atoms with Crippen molar-refractivity contribution in [3.8, 4) is 0 Å². The van der Waals surface area contributed by atoms with Crippen molar-refractivity contribution in [3.63, 3.8) is 0 Å². The van der Waals surface area contributed by atoms with Crippen LogP contribution in [0.3, 0.4) is 0 Å². The maximum atomic E-state index is 10.6. The minimum Gasteiger partial charge on any atom is -0.478 e. The van der Waals surface area contributed by atoms with Crippen LogP contribution >= 0.6 is 0 Å². The summed E-state index contributed by atoms with van der Waals surface area (Å²) in [4.78, 5) is 10.6. The van der Waals surface area contributed by atoms with Crippen LogP contribution in [0, 0.1) is 0 Å². The van der Waals surface area contributed by atoms with Gasteiger partial charge in [-0.3, -0.25) is 0 Å². The highest BCUT2D eigenvalue weighted by atomic mass is 16.4. The summed E-state index contributed by atoms with van der Waals surface area (Å²) in [5.41, 5.74) is 1.27. The molecule has 3 heteroatoms. The summed E-state index contributed by atoms with van der Waals surface area (Å²) in [5, 5.41) is 17.7. The van der Waals surface area contributed by atoms with Gasteiger partial charge in [-0.25, -0.2) is 4.79 Å². The van der Waals surface area contributed by atoms with Gasteiger partial charge in [-0.1, -0.05) is 19.1 Å². The summed E-state index contributed by atoms with van der Waals surface area (Å²) < 4.78 is 0. The number of carboxylic acid groups (broad SMARTS) is 1. The molecule has 1 rings (SSSR count). The number of hydrogen-bond acceptors (Lipinski definition) is 2. The Labute approximate surface area is 83.0 Å². The molecule has 1 aromatic rings. The van der Waals surface area contributed by atoms with E-state index in [9.17, 15) is 4.79 Å². The van der Waals surface area contributed by atoms with Crippen LogP contribution in [-0.4, -0.2) is 22.8 Å². The van der Waals surface area contributed by atoms with Gasteiger partial charge in [-0.15, -0.1) is 0 Å². The molecule has 0 aromatic heterocycles. The Balaban J connectivity index is 2.87. The van der Waals surface area contributed by atoms with Gasteiger partial charge in [-0.05, 0) is 24.1 Å². The number of hydrogen-bond donors (Lipinski definition) is 2. The first-order valence-corrected chi connectivity index (χ1v) is 4.63. The van der Waals surface area contributed by atoms with E-state index in [0.29, 0.717) is 0 Å². The third-order valence-electron chi connectivity index (χ3n) is 2.34. The summed E-state index contributed by atoms with van der Waals surface area (Å²) in [6, 6.07) is 6.65. The van der Waals surface area contributed by atoms with Crippen molar-refractivity contribution < 1.29 is 15.0 Å². The molecule has 0 aliphatic heterocycles. The molecule has 0 aliphatic carbocycles. The van der Waals surface area contributed by atoms with Gasteiger partial charge >= 0.3 is 5.97 Å². The maximum absolute atomic E-state index is 10.6. The molecule has 0 spiro atoms. The SMILES string of the molecule is CCC(CO)c1ccc(C(=O)O)cc1. The molecule has 3 nitrogen and oxygen atoms in total. The second kappa shape index (κ2) is 4.77. The zero-order chi connectivity index (χ0) is 10.6. The Morgan fingerprint density at radius 1 is 1.36 bits per heavy atom. The molecule has 2 N–H and O–H groups in total. The van der Waals surface area contributed by atoms with E-state index >= 15 is 0 Å². The fourth-order valence-corrected chi connectivity index (χ4v) is 1.37. The van der Waals surface area contributed by atoms with Crippen molar-refractivity contribution >= 4 is 5.97 Å². The van der Waals surface area contributed by atoms with E-state index in [4.69, 9.17) is 10.2 Å². The van der Waals surface area contributed by atoms with Crippen molar-refractivity contribution in [1.82, 2.24) is 0 Å². The molecule has 0 bridgehead atoms. The van der Waals surface area contributed by atoms with Crippen LogP contribution < -0.4 is 0 Å². The van der Waals surface area contributed by atoms with Crippen molar-refractivity contribution in [3.05, 3.63) is 35.4 Å². The Kier molecular flexibility index (Phi) is 3.65. The number of aromatic carboxylic acids is 1. The molecule has 0 aliphatic rings. The monoisotopic (exact) mass is 194 g/mol. The van der Waals surface area contributed by atoms with E-state index in [1.165, 1.54) is 0 Å². The lowest BCUT2D eigenvalue weighted by atomic mass is 9.96. The highest BCUT2D eigenvalue weighted by molar-refractivity contribution is 5.87. The standard InChI is InChI=1S/C11H14O3/c1-2-8(7-12)9-3-5-10(6-4-9)11(13)14/h3-6,8,12H,2,7H2,1H3,(H,13,14). The number of carboxylic acids is 1. The zero-order valence-electron chi connectivity index (χ0n) is 8.10. The highest BCUT2D eigenvalue weighted by Crippen LogP contribution is 2.18. The number of carbonyl (C=O) groups is 1. The molecule has 0 heterocycles. The number of benzene rings is 1. The lowest BCUT2D eigenvalue weighted by molar-refractivity contribution is 0.0697. The molecule has 0 saturated heterocycles. The number of aliphatic hydroxyl groups excluding tert-OH is 1. The Morgan fingerprint density at radius 3 is 2.29 bits per heavy atom. The first-order valence-electron chi connectivity index (χ1n) is 4.63. The maximum Gasteiger partial charge on any atom is 0.335 e. The molecule has 14 heavy (non-hydrogen) atoms. The molecule has 76 valence electrons. The predicted octanol–water partition coefficient (Wildman–Crippen LogP) is 1.87. The normalized spacial score (nSPS) is 12.4. The molecule has 0 fully saturated rings. The van der Waals surface area contributed by atoms with E-state index < -0.39 is 5.97 Å². The van der Waals surface area contributed by atoms with Crippen LogP contribution in [0.4, 0.5) is 0 Å². The Morgan fingerprint density at radius 2 is 1.93 bits per heavy atom. The fourth-order valence-electron chi connectivity index (χ4n) is 1.37. The quantitative estimate of drug-likeness (QED) is 0.769. The van der Waals surface area contributed by atoms with Gasteiger partial charge in [0.15, 0.2) is 0 Å². The molecule has 0 amide bonds. The molecule has 1 atom stereocenters. The third kappa shape index (κ3) is 2.33. The van der Waals surface area contributed by atoms with Gasteiger partial charge in [0.25, 0.3) is 0 Å². The van der Waals surface area contributed by atoms with Crippen molar-refractivity contribution in [2.45, 2.75) is 19.3 Å². The van der Waals surface area contributed by atoms with E-state index in [1.807, 2.05) is 6.92 Å². The second-order valence-corrected chi connectivity index (χ2v) is 3.21. The fraction of sp³-hybridized carbons (Fsp3) is 0.364. The summed E-state index contributed by atoms with van der Waals surface area (Å²) in [6.45, 7) is 2.09. The van der Waals surface area contributed by atoms with E-state index in [1.54, 1.807) is 24.3 Å².